The van der Waals surface area contributed by atoms with Crippen LogP contribution in [0.15, 0.2) is 30.3 Å². The molecular weight excluding hydrogens is 267 g/mol. The standard InChI is InChI=1S/C11H11O.Sn.H/c1-2-4-10(5-3-1)11-6-8-12-9-7-11;;/h2-6H,7-9H2;;. The van der Waals surface area contributed by atoms with Gasteiger partial charge in [0.05, 0.1) is 0 Å². The second-order valence-corrected chi connectivity index (χ2v) is 5.08. The Bertz CT molecular complexity index is 313. The number of hydrogen-bond donors (Lipinski definition) is 0. The van der Waals surface area contributed by atoms with Crippen molar-refractivity contribution in [1.82, 2.24) is 0 Å². The Hall–Kier alpha value is -0.281. The molecule has 1 aromatic rings. The molecule has 0 saturated heterocycles. The Morgan fingerprint density at radius 1 is 1.15 bits per heavy atom. The summed E-state index contributed by atoms with van der Waals surface area (Å²) >= 11 is 1.20. The zero-order valence-corrected chi connectivity index (χ0v) is 10.8. The Kier molecular flexibility index (Phi) is 3.06. The van der Waals surface area contributed by atoms with Gasteiger partial charge in [-0.3, -0.25) is 0 Å². The maximum absolute atomic E-state index is 5.27. The summed E-state index contributed by atoms with van der Waals surface area (Å²) in [6.07, 6.45) is 3.24. The summed E-state index contributed by atoms with van der Waals surface area (Å²) in [6, 6.07) is 8.87. The molecule has 1 heterocycles. The minimum atomic E-state index is 0.775. The van der Waals surface area contributed by atoms with Crippen molar-refractivity contribution in [2.45, 2.75) is 6.42 Å². The fourth-order valence-electron chi connectivity index (χ4n) is 1.49. The van der Waals surface area contributed by atoms with Crippen LogP contribution in [0.1, 0.15) is 12.0 Å². The monoisotopic (exact) mass is 280 g/mol. The van der Waals surface area contributed by atoms with Gasteiger partial charge in [-0.05, 0) is 0 Å². The molecule has 0 atom stereocenters. The van der Waals surface area contributed by atoms with E-state index in [9.17, 15) is 0 Å². The molecule has 13 heavy (non-hydrogen) atoms. The van der Waals surface area contributed by atoms with Gasteiger partial charge in [-0.25, -0.2) is 0 Å². The van der Waals surface area contributed by atoms with E-state index < -0.39 is 0 Å². The maximum atomic E-state index is 5.27. The number of hydrogen-bond acceptors (Lipinski definition) is 1. The van der Waals surface area contributed by atoms with Crippen LogP contribution < -0.4 is 3.58 Å². The van der Waals surface area contributed by atoms with E-state index in [0.717, 1.165) is 19.6 Å². The van der Waals surface area contributed by atoms with Crippen molar-refractivity contribution in [2.24, 2.45) is 0 Å². The SMILES string of the molecule is [SnH][c]1ccc(C2=CCOCC2)cc1. The van der Waals surface area contributed by atoms with Crippen molar-refractivity contribution in [1.29, 1.82) is 0 Å². The average Bonchev–Trinajstić information content (AvgIpc) is 2.20. The quantitative estimate of drug-likeness (QED) is 0.697. The molecule has 66 valence electrons. The first-order chi connectivity index (χ1) is 6.36. The van der Waals surface area contributed by atoms with Crippen molar-refractivity contribution in [3.63, 3.8) is 0 Å². The van der Waals surface area contributed by atoms with Crippen LogP contribution in [0.25, 0.3) is 5.57 Å². The van der Waals surface area contributed by atoms with Crippen molar-refractivity contribution in [3.05, 3.63) is 35.9 Å². The summed E-state index contributed by atoms with van der Waals surface area (Å²) in [4.78, 5) is 0. The Balaban J connectivity index is 2.24. The van der Waals surface area contributed by atoms with E-state index in [2.05, 4.69) is 30.3 Å². The molecule has 0 fully saturated rings. The topological polar surface area (TPSA) is 9.23 Å². The van der Waals surface area contributed by atoms with Crippen LogP contribution in [0, 0.1) is 0 Å². The molecule has 2 heteroatoms. The molecule has 0 N–H and O–H groups in total. The molecule has 2 rings (SSSR count). The van der Waals surface area contributed by atoms with E-state index in [0.29, 0.717) is 0 Å². The van der Waals surface area contributed by atoms with Gasteiger partial charge in [0.25, 0.3) is 0 Å². The summed E-state index contributed by atoms with van der Waals surface area (Å²) in [7, 11) is 0. The molecule has 0 bridgehead atoms. The molecule has 0 amide bonds. The average molecular weight is 279 g/mol. The van der Waals surface area contributed by atoms with Gasteiger partial charge < -0.3 is 0 Å². The van der Waals surface area contributed by atoms with E-state index >= 15 is 0 Å². The summed E-state index contributed by atoms with van der Waals surface area (Å²) in [5.41, 5.74) is 2.80. The van der Waals surface area contributed by atoms with Gasteiger partial charge in [-0.2, -0.15) is 0 Å². The third-order valence-electron chi connectivity index (χ3n) is 2.24. The molecule has 1 nitrogen and oxygen atoms in total. The van der Waals surface area contributed by atoms with Crippen LogP contribution in [0.5, 0.6) is 0 Å². The van der Waals surface area contributed by atoms with Crippen LogP contribution in [-0.2, 0) is 4.74 Å². The molecule has 0 unspecified atom stereocenters. The fourth-order valence-corrected chi connectivity index (χ4v) is 2.04. The second-order valence-electron chi connectivity index (χ2n) is 3.18. The van der Waals surface area contributed by atoms with Gasteiger partial charge in [-0.1, -0.05) is 0 Å². The third-order valence-corrected chi connectivity index (χ3v) is 3.34. The van der Waals surface area contributed by atoms with Crippen molar-refractivity contribution in [2.75, 3.05) is 13.2 Å². The van der Waals surface area contributed by atoms with Gasteiger partial charge in [0, 0.05) is 0 Å². The minimum absolute atomic E-state index is 0.775. The normalized spacial score (nSPS) is 16.8. The molecule has 0 aromatic heterocycles. The molecule has 1 aliphatic heterocycles. The molecule has 1 aliphatic rings. The first-order valence-electron chi connectivity index (χ1n) is 4.49. The second kappa shape index (κ2) is 4.29. The molecular formula is C11H12OSn. The predicted molar refractivity (Wildman–Crippen MR) is 56.6 cm³/mol. The van der Waals surface area contributed by atoms with Gasteiger partial charge >= 0.3 is 92.0 Å². The van der Waals surface area contributed by atoms with E-state index in [1.807, 2.05) is 0 Å². The number of rotatable bonds is 1. The van der Waals surface area contributed by atoms with Crippen LogP contribution in [0.2, 0.25) is 0 Å². The number of ether oxygens (including phenoxy) is 1. The Labute approximate surface area is 91.9 Å². The first-order valence-corrected chi connectivity index (χ1v) is 6.14. The Morgan fingerprint density at radius 3 is 2.54 bits per heavy atom. The van der Waals surface area contributed by atoms with Crippen molar-refractivity contribution in [3.8, 4) is 0 Å². The summed E-state index contributed by atoms with van der Waals surface area (Å²) in [5, 5.41) is 0. The van der Waals surface area contributed by atoms with Crippen LogP contribution in [0.3, 0.4) is 0 Å². The van der Waals surface area contributed by atoms with E-state index in [4.69, 9.17) is 4.74 Å². The molecule has 0 spiro atoms. The van der Waals surface area contributed by atoms with E-state index in [1.54, 1.807) is 0 Å². The van der Waals surface area contributed by atoms with Crippen LogP contribution in [0.4, 0.5) is 0 Å². The Morgan fingerprint density at radius 2 is 1.92 bits per heavy atom. The number of benzene rings is 1. The van der Waals surface area contributed by atoms with Crippen LogP contribution >= 0.6 is 0 Å². The van der Waals surface area contributed by atoms with Gasteiger partial charge in [0.15, 0.2) is 0 Å². The zero-order chi connectivity index (χ0) is 9.10. The van der Waals surface area contributed by atoms with Gasteiger partial charge in [0.2, 0.25) is 0 Å². The van der Waals surface area contributed by atoms with E-state index in [-0.39, 0.29) is 0 Å². The van der Waals surface area contributed by atoms with Crippen molar-refractivity contribution < 1.29 is 4.74 Å². The first kappa shape index (κ1) is 9.28. The fraction of sp³-hybridized carbons (Fsp3) is 0.273. The molecule has 1 aromatic carbocycles. The van der Waals surface area contributed by atoms with Gasteiger partial charge in [0.1, 0.15) is 0 Å². The predicted octanol–water partition coefficient (Wildman–Crippen LogP) is 1.02. The summed E-state index contributed by atoms with van der Waals surface area (Å²) < 4.78 is 6.72. The molecule has 0 aliphatic carbocycles. The van der Waals surface area contributed by atoms with Crippen LogP contribution in [-0.4, -0.2) is 35.7 Å². The zero-order valence-electron chi connectivity index (χ0n) is 7.49. The van der Waals surface area contributed by atoms with Gasteiger partial charge in [-0.15, -0.1) is 0 Å². The molecule has 2 radical (unpaired) electrons. The van der Waals surface area contributed by atoms with Crippen molar-refractivity contribution >= 4 is 31.7 Å². The van der Waals surface area contributed by atoms with E-state index in [1.165, 1.54) is 37.2 Å². The molecule has 0 saturated carbocycles. The summed E-state index contributed by atoms with van der Waals surface area (Å²) in [6.45, 7) is 1.64. The summed E-state index contributed by atoms with van der Waals surface area (Å²) in [5.74, 6) is 0. The third kappa shape index (κ3) is 2.35.